The fourth-order valence-corrected chi connectivity index (χ4v) is 1.40. The minimum absolute atomic E-state index is 0.0404. The number of carbonyl (C=O) groups excluding carboxylic acids is 1. The molecule has 0 spiro atoms. The van der Waals surface area contributed by atoms with E-state index in [-0.39, 0.29) is 11.7 Å². The van der Waals surface area contributed by atoms with Crippen LogP contribution in [0.15, 0.2) is 40.6 Å². The Hall–Kier alpha value is -1.64. The van der Waals surface area contributed by atoms with Crippen molar-refractivity contribution < 1.29 is 9.90 Å². The van der Waals surface area contributed by atoms with Crippen LogP contribution >= 0.6 is 0 Å². The fourth-order valence-electron chi connectivity index (χ4n) is 1.40. The highest BCUT2D eigenvalue weighted by Gasteiger charge is 2.21. The first kappa shape index (κ1) is 7.98. The number of carbonyl (C=O) groups is 1. The normalized spacial score (nSPS) is 26.1. The largest absolute Gasteiger partial charge is 0.503 e. The Morgan fingerprint density at radius 2 is 2.31 bits per heavy atom. The van der Waals surface area contributed by atoms with Crippen molar-refractivity contribution in [2.24, 2.45) is 10.9 Å². The van der Waals surface area contributed by atoms with E-state index in [1.165, 1.54) is 6.08 Å². The Morgan fingerprint density at radius 3 is 3.08 bits per heavy atom. The summed E-state index contributed by atoms with van der Waals surface area (Å²) >= 11 is 0. The lowest BCUT2D eigenvalue weighted by molar-refractivity contribution is -0.116. The van der Waals surface area contributed by atoms with Gasteiger partial charge < -0.3 is 5.11 Å². The van der Waals surface area contributed by atoms with Crippen molar-refractivity contribution in [2.45, 2.75) is 6.92 Å². The van der Waals surface area contributed by atoms with Crippen molar-refractivity contribution in [3.05, 3.63) is 35.6 Å². The molecule has 0 aromatic heterocycles. The van der Waals surface area contributed by atoms with Gasteiger partial charge in [0.1, 0.15) is 0 Å². The van der Waals surface area contributed by atoms with Crippen LogP contribution in [-0.2, 0) is 4.79 Å². The lowest BCUT2D eigenvalue weighted by Crippen LogP contribution is -2.19. The van der Waals surface area contributed by atoms with Gasteiger partial charge in [-0.05, 0) is 24.6 Å². The third-order valence-corrected chi connectivity index (χ3v) is 2.07. The average Bonchev–Trinajstić information content (AvgIpc) is 2.08. The Kier molecular flexibility index (Phi) is 1.65. The summed E-state index contributed by atoms with van der Waals surface area (Å²) < 4.78 is 0. The van der Waals surface area contributed by atoms with Gasteiger partial charge in [-0.1, -0.05) is 12.2 Å². The molecular formula is C10H9NO2. The van der Waals surface area contributed by atoms with E-state index < -0.39 is 5.91 Å². The molecule has 1 unspecified atom stereocenters. The molecule has 13 heavy (non-hydrogen) atoms. The third-order valence-electron chi connectivity index (χ3n) is 2.07. The second kappa shape index (κ2) is 2.69. The van der Waals surface area contributed by atoms with Gasteiger partial charge in [-0.3, -0.25) is 4.79 Å². The van der Waals surface area contributed by atoms with Crippen LogP contribution in [0.2, 0.25) is 0 Å². The maximum Gasteiger partial charge on any atom is 0.311 e. The summed E-state index contributed by atoms with van der Waals surface area (Å²) in [6.07, 6.45) is 7.23. The Balaban J connectivity index is 2.41. The van der Waals surface area contributed by atoms with E-state index in [2.05, 4.69) is 4.99 Å². The zero-order valence-electron chi connectivity index (χ0n) is 7.19. The maximum absolute atomic E-state index is 11.0. The van der Waals surface area contributed by atoms with Gasteiger partial charge in [0.25, 0.3) is 0 Å². The summed E-state index contributed by atoms with van der Waals surface area (Å²) in [6, 6.07) is 0. The van der Waals surface area contributed by atoms with Crippen LogP contribution in [0.4, 0.5) is 0 Å². The van der Waals surface area contributed by atoms with Crippen LogP contribution in [0.5, 0.6) is 0 Å². The minimum atomic E-state index is -0.550. The predicted octanol–water partition coefficient (Wildman–Crippen LogP) is 1.54. The number of aliphatic hydroxyl groups excluding tert-OH is 1. The number of nitrogens with zero attached hydrogens (tertiary/aromatic N) is 1. The van der Waals surface area contributed by atoms with E-state index in [1.807, 2.05) is 25.2 Å². The highest BCUT2D eigenvalue weighted by molar-refractivity contribution is 6.12. The monoisotopic (exact) mass is 175 g/mol. The van der Waals surface area contributed by atoms with Gasteiger partial charge in [0.05, 0.1) is 5.71 Å². The molecular weight excluding hydrogens is 166 g/mol. The molecule has 0 saturated carbocycles. The number of hydrogen-bond acceptors (Lipinski definition) is 2. The molecule has 1 aliphatic carbocycles. The van der Waals surface area contributed by atoms with Crippen LogP contribution < -0.4 is 0 Å². The molecule has 3 nitrogen and oxygen atoms in total. The zero-order valence-corrected chi connectivity index (χ0v) is 7.19. The number of fused-ring (bicyclic) bond motifs is 1. The molecule has 0 aromatic rings. The molecule has 3 heteroatoms. The second-order valence-corrected chi connectivity index (χ2v) is 3.17. The van der Waals surface area contributed by atoms with Crippen LogP contribution in [0.25, 0.3) is 0 Å². The Morgan fingerprint density at radius 1 is 1.54 bits per heavy atom. The van der Waals surface area contributed by atoms with Crippen LogP contribution in [0.1, 0.15) is 6.92 Å². The van der Waals surface area contributed by atoms with Gasteiger partial charge in [-0.2, -0.15) is 0 Å². The predicted molar refractivity (Wildman–Crippen MR) is 49.5 cm³/mol. The molecule has 1 N–H and O–H groups in total. The highest BCUT2D eigenvalue weighted by atomic mass is 16.3. The van der Waals surface area contributed by atoms with Crippen LogP contribution in [0, 0.1) is 5.92 Å². The van der Waals surface area contributed by atoms with Crippen LogP contribution in [-0.4, -0.2) is 16.7 Å². The molecule has 66 valence electrons. The van der Waals surface area contributed by atoms with E-state index in [1.54, 1.807) is 0 Å². The lowest BCUT2D eigenvalue weighted by Gasteiger charge is -2.17. The first-order chi connectivity index (χ1) is 6.16. The van der Waals surface area contributed by atoms with Gasteiger partial charge >= 0.3 is 5.91 Å². The molecule has 2 aliphatic rings. The molecule has 1 atom stereocenters. The van der Waals surface area contributed by atoms with E-state index in [4.69, 9.17) is 5.11 Å². The van der Waals surface area contributed by atoms with E-state index in [0.29, 0.717) is 5.71 Å². The van der Waals surface area contributed by atoms with E-state index in [0.717, 1.165) is 5.57 Å². The molecule has 0 saturated heterocycles. The molecule has 1 amide bonds. The quantitative estimate of drug-likeness (QED) is 0.607. The number of aliphatic imine (C=N–C) groups is 1. The van der Waals surface area contributed by atoms with Crippen molar-refractivity contribution >= 4 is 11.6 Å². The molecule has 2 rings (SSSR count). The SMILES string of the molecule is CC1=CC2=NC(=O)C(O)=CC2C=C1. The van der Waals surface area contributed by atoms with Gasteiger partial charge in [0.15, 0.2) is 5.76 Å². The number of aliphatic hydroxyl groups is 1. The van der Waals surface area contributed by atoms with E-state index >= 15 is 0 Å². The minimum Gasteiger partial charge on any atom is -0.503 e. The number of rotatable bonds is 0. The van der Waals surface area contributed by atoms with Crippen molar-refractivity contribution in [1.82, 2.24) is 0 Å². The summed E-state index contributed by atoms with van der Waals surface area (Å²) in [6.45, 7) is 1.94. The Labute approximate surface area is 75.8 Å². The smallest absolute Gasteiger partial charge is 0.311 e. The molecule has 0 fully saturated rings. The van der Waals surface area contributed by atoms with Gasteiger partial charge in [0, 0.05) is 5.92 Å². The van der Waals surface area contributed by atoms with Crippen LogP contribution in [0.3, 0.4) is 0 Å². The fraction of sp³-hybridized carbons (Fsp3) is 0.200. The average molecular weight is 175 g/mol. The van der Waals surface area contributed by atoms with Crippen molar-refractivity contribution in [1.29, 1.82) is 0 Å². The van der Waals surface area contributed by atoms with Gasteiger partial charge in [-0.25, -0.2) is 4.99 Å². The molecule has 1 aliphatic heterocycles. The Bertz CT molecular complexity index is 386. The van der Waals surface area contributed by atoms with Gasteiger partial charge in [-0.15, -0.1) is 0 Å². The third kappa shape index (κ3) is 1.33. The number of allylic oxidation sites excluding steroid dienone is 5. The zero-order chi connectivity index (χ0) is 9.42. The first-order valence-electron chi connectivity index (χ1n) is 4.07. The standard InChI is InChI=1S/C10H9NO2/c1-6-2-3-7-5-9(12)10(13)11-8(7)4-6/h2-5,7,12H,1H3. The topological polar surface area (TPSA) is 49.7 Å². The van der Waals surface area contributed by atoms with Gasteiger partial charge in [0.2, 0.25) is 0 Å². The summed E-state index contributed by atoms with van der Waals surface area (Å²) in [4.78, 5) is 14.8. The summed E-state index contributed by atoms with van der Waals surface area (Å²) in [5.41, 5.74) is 1.78. The number of amides is 1. The van der Waals surface area contributed by atoms with Crippen molar-refractivity contribution in [2.75, 3.05) is 0 Å². The molecule has 1 heterocycles. The molecule has 0 bridgehead atoms. The molecule has 0 radical (unpaired) electrons. The van der Waals surface area contributed by atoms with E-state index in [9.17, 15) is 4.79 Å². The summed E-state index contributed by atoms with van der Waals surface area (Å²) in [5.74, 6) is -0.849. The van der Waals surface area contributed by atoms with Crippen molar-refractivity contribution in [3.63, 3.8) is 0 Å². The summed E-state index contributed by atoms with van der Waals surface area (Å²) in [5, 5.41) is 9.13. The second-order valence-electron chi connectivity index (χ2n) is 3.17. The molecule has 0 aromatic carbocycles. The maximum atomic E-state index is 11.0. The van der Waals surface area contributed by atoms with Crippen molar-refractivity contribution in [3.8, 4) is 0 Å². The highest BCUT2D eigenvalue weighted by Crippen LogP contribution is 2.20. The number of dihydropyridines is 1. The summed E-state index contributed by atoms with van der Waals surface area (Å²) in [7, 11) is 0. The first-order valence-corrected chi connectivity index (χ1v) is 4.07. The number of hydrogen-bond donors (Lipinski definition) is 1. The lowest BCUT2D eigenvalue weighted by atomic mass is 9.92.